The predicted molar refractivity (Wildman–Crippen MR) is 107 cm³/mol. The molecule has 0 aromatic carbocycles. The van der Waals surface area contributed by atoms with Gasteiger partial charge in [0.05, 0.1) is 25.5 Å². The fourth-order valence-corrected chi connectivity index (χ4v) is 4.19. The molecular formula is C22H34N2O4. The first-order valence-corrected chi connectivity index (χ1v) is 10.9. The van der Waals surface area contributed by atoms with Gasteiger partial charge in [-0.05, 0) is 44.2 Å². The number of carbonyl (C=O) groups is 2. The van der Waals surface area contributed by atoms with E-state index in [1.165, 1.54) is 0 Å². The van der Waals surface area contributed by atoms with Crippen LogP contribution in [0.25, 0.3) is 0 Å². The standard InChI is InChI=1S/C22H34N2O4/c1-2-3-12-23(22(26)18-8-4-5-9-18)17-21(25)24(15-19-10-6-13-27-19)16-20-11-7-14-28-20/h6,10,13,18,20H,2-5,7-9,11-12,14-17H2,1H3/t20-/m1/s1. The molecule has 1 aliphatic carbocycles. The van der Waals surface area contributed by atoms with Crippen molar-refractivity contribution in [2.45, 2.75) is 70.9 Å². The molecule has 3 rings (SSSR count). The lowest BCUT2D eigenvalue weighted by molar-refractivity contribution is -0.144. The minimum Gasteiger partial charge on any atom is -0.467 e. The summed E-state index contributed by atoms with van der Waals surface area (Å²) in [5.74, 6) is 0.999. The normalized spacial score (nSPS) is 19.8. The summed E-state index contributed by atoms with van der Waals surface area (Å²) in [5, 5.41) is 0. The summed E-state index contributed by atoms with van der Waals surface area (Å²) in [4.78, 5) is 29.8. The summed E-state index contributed by atoms with van der Waals surface area (Å²) >= 11 is 0. The highest BCUT2D eigenvalue weighted by molar-refractivity contribution is 5.86. The Balaban J connectivity index is 1.65. The van der Waals surface area contributed by atoms with Crippen LogP contribution in [0.2, 0.25) is 0 Å². The predicted octanol–water partition coefficient (Wildman–Crippen LogP) is 3.61. The first kappa shape index (κ1) is 20.9. The molecule has 1 saturated heterocycles. The van der Waals surface area contributed by atoms with Crippen molar-refractivity contribution in [3.05, 3.63) is 24.2 Å². The summed E-state index contributed by atoms with van der Waals surface area (Å²) in [5.41, 5.74) is 0. The first-order chi connectivity index (χ1) is 13.7. The summed E-state index contributed by atoms with van der Waals surface area (Å²) in [6, 6.07) is 3.72. The lowest BCUT2D eigenvalue weighted by Crippen LogP contribution is -2.46. The summed E-state index contributed by atoms with van der Waals surface area (Å²) in [6.07, 6.45) is 9.81. The lowest BCUT2D eigenvalue weighted by Gasteiger charge is -2.30. The molecule has 0 spiro atoms. The van der Waals surface area contributed by atoms with Crippen molar-refractivity contribution in [2.75, 3.05) is 26.2 Å². The van der Waals surface area contributed by atoms with Crippen LogP contribution in [0.5, 0.6) is 0 Å². The number of hydrogen-bond acceptors (Lipinski definition) is 4. The average molecular weight is 391 g/mol. The average Bonchev–Trinajstić information content (AvgIpc) is 3.47. The fourth-order valence-electron chi connectivity index (χ4n) is 4.19. The molecule has 0 N–H and O–H groups in total. The van der Waals surface area contributed by atoms with E-state index in [0.29, 0.717) is 19.6 Å². The highest BCUT2D eigenvalue weighted by Crippen LogP contribution is 2.27. The molecule has 2 fully saturated rings. The van der Waals surface area contributed by atoms with E-state index in [0.717, 1.165) is 63.7 Å². The second-order valence-corrected chi connectivity index (χ2v) is 8.08. The molecule has 1 saturated carbocycles. The quantitative estimate of drug-likeness (QED) is 0.612. The number of rotatable bonds is 10. The van der Waals surface area contributed by atoms with Gasteiger partial charge >= 0.3 is 0 Å². The van der Waals surface area contributed by atoms with Crippen molar-refractivity contribution in [2.24, 2.45) is 5.92 Å². The Hall–Kier alpha value is -1.82. The zero-order valence-corrected chi connectivity index (χ0v) is 17.1. The van der Waals surface area contributed by atoms with Crippen LogP contribution in [0.15, 0.2) is 22.8 Å². The Morgan fingerprint density at radius 2 is 1.96 bits per heavy atom. The van der Waals surface area contributed by atoms with Crippen molar-refractivity contribution >= 4 is 11.8 Å². The van der Waals surface area contributed by atoms with Gasteiger partial charge in [0.1, 0.15) is 5.76 Å². The molecule has 1 aliphatic heterocycles. The van der Waals surface area contributed by atoms with E-state index in [2.05, 4.69) is 6.92 Å². The van der Waals surface area contributed by atoms with Crippen LogP contribution >= 0.6 is 0 Å². The molecule has 2 aliphatic rings. The van der Waals surface area contributed by atoms with Crippen LogP contribution < -0.4 is 0 Å². The van der Waals surface area contributed by atoms with Crippen LogP contribution in [0.1, 0.15) is 64.1 Å². The smallest absolute Gasteiger partial charge is 0.242 e. The Labute approximate surface area is 168 Å². The maximum Gasteiger partial charge on any atom is 0.242 e. The molecule has 1 aromatic heterocycles. The van der Waals surface area contributed by atoms with Crippen LogP contribution in [-0.4, -0.2) is 54.0 Å². The Kier molecular flexibility index (Phi) is 7.95. The number of ether oxygens (including phenoxy) is 1. The van der Waals surface area contributed by atoms with Gasteiger partial charge in [-0.15, -0.1) is 0 Å². The molecule has 2 heterocycles. The molecule has 6 heteroatoms. The molecular weight excluding hydrogens is 356 g/mol. The van der Waals surface area contributed by atoms with Crippen molar-refractivity contribution < 1.29 is 18.7 Å². The molecule has 0 radical (unpaired) electrons. The Bertz CT molecular complexity index is 604. The van der Waals surface area contributed by atoms with Crippen LogP contribution in [0.4, 0.5) is 0 Å². The van der Waals surface area contributed by atoms with E-state index < -0.39 is 0 Å². The summed E-state index contributed by atoms with van der Waals surface area (Å²) < 4.78 is 11.2. The molecule has 1 atom stereocenters. The fraction of sp³-hybridized carbons (Fsp3) is 0.727. The monoisotopic (exact) mass is 390 g/mol. The van der Waals surface area contributed by atoms with E-state index >= 15 is 0 Å². The van der Waals surface area contributed by atoms with Crippen molar-refractivity contribution in [1.29, 1.82) is 0 Å². The van der Waals surface area contributed by atoms with Gasteiger partial charge in [-0.25, -0.2) is 0 Å². The first-order valence-electron chi connectivity index (χ1n) is 10.9. The van der Waals surface area contributed by atoms with Crippen LogP contribution in [0.3, 0.4) is 0 Å². The van der Waals surface area contributed by atoms with E-state index in [-0.39, 0.29) is 30.4 Å². The van der Waals surface area contributed by atoms with Gasteiger partial charge in [0.2, 0.25) is 11.8 Å². The molecule has 2 amide bonds. The van der Waals surface area contributed by atoms with Gasteiger partial charge in [0.25, 0.3) is 0 Å². The molecule has 6 nitrogen and oxygen atoms in total. The van der Waals surface area contributed by atoms with E-state index in [1.807, 2.05) is 12.1 Å². The molecule has 156 valence electrons. The maximum atomic E-state index is 13.2. The van der Waals surface area contributed by atoms with E-state index in [1.54, 1.807) is 16.1 Å². The van der Waals surface area contributed by atoms with Gasteiger partial charge < -0.3 is 19.0 Å². The van der Waals surface area contributed by atoms with Crippen molar-refractivity contribution in [1.82, 2.24) is 9.80 Å². The van der Waals surface area contributed by atoms with Crippen LogP contribution in [-0.2, 0) is 20.9 Å². The van der Waals surface area contributed by atoms with Gasteiger partial charge in [-0.1, -0.05) is 26.2 Å². The second-order valence-electron chi connectivity index (χ2n) is 8.08. The third-order valence-corrected chi connectivity index (χ3v) is 5.85. The van der Waals surface area contributed by atoms with Crippen molar-refractivity contribution in [3.63, 3.8) is 0 Å². The highest BCUT2D eigenvalue weighted by Gasteiger charge is 2.30. The zero-order chi connectivity index (χ0) is 19.8. The molecule has 28 heavy (non-hydrogen) atoms. The van der Waals surface area contributed by atoms with E-state index in [9.17, 15) is 9.59 Å². The van der Waals surface area contributed by atoms with E-state index in [4.69, 9.17) is 9.15 Å². The number of hydrogen-bond donors (Lipinski definition) is 0. The number of furan rings is 1. The third-order valence-electron chi connectivity index (χ3n) is 5.85. The summed E-state index contributed by atoms with van der Waals surface area (Å²) in [7, 11) is 0. The Morgan fingerprint density at radius 1 is 1.14 bits per heavy atom. The van der Waals surface area contributed by atoms with Crippen LogP contribution in [0, 0.1) is 5.92 Å². The highest BCUT2D eigenvalue weighted by atomic mass is 16.5. The summed E-state index contributed by atoms with van der Waals surface area (Å²) in [6.45, 7) is 4.66. The zero-order valence-electron chi connectivity index (χ0n) is 17.1. The largest absolute Gasteiger partial charge is 0.467 e. The number of carbonyl (C=O) groups excluding carboxylic acids is 2. The maximum absolute atomic E-state index is 13.2. The number of unbranched alkanes of at least 4 members (excludes halogenated alkanes) is 1. The van der Waals surface area contributed by atoms with Gasteiger partial charge in [-0.3, -0.25) is 9.59 Å². The lowest BCUT2D eigenvalue weighted by atomic mass is 10.1. The third kappa shape index (κ3) is 5.84. The molecule has 0 unspecified atom stereocenters. The topological polar surface area (TPSA) is 63.0 Å². The molecule has 1 aromatic rings. The SMILES string of the molecule is CCCCN(CC(=O)N(Cc1ccco1)C[C@H]1CCCO1)C(=O)C1CCCC1. The Morgan fingerprint density at radius 3 is 2.61 bits per heavy atom. The van der Waals surface area contributed by atoms with Gasteiger partial charge in [0.15, 0.2) is 0 Å². The van der Waals surface area contributed by atoms with Gasteiger partial charge in [-0.2, -0.15) is 0 Å². The minimum absolute atomic E-state index is 0.0191. The second kappa shape index (κ2) is 10.6. The molecule has 0 bridgehead atoms. The number of nitrogens with zero attached hydrogens (tertiary/aromatic N) is 2. The minimum atomic E-state index is -0.0191. The van der Waals surface area contributed by atoms with Gasteiger partial charge in [0, 0.05) is 25.6 Å². The number of amides is 2. The van der Waals surface area contributed by atoms with Crippen molar-refractivity contribution in [3.8, 4) is 0 Å².